The van der Waals surface area contributed by atoms with Gasteiger partial charge in [-0.1, -0.05) is 35.3 Å². The molecule has 1 N–H and O–H groups in total. The molecule has 0 aromatic heterocycles. The minimum absolute atomic E-state index is 0.00822. The molecule has 3 rings (SSSR count). The summed E-state index contributed by atoms with van der Waals surface area (Å²) in [6.07, 6.45) is 1.45. The molecule has 0 unspecified atom stereocenters. The highest BCUT2D eigenvalue weighted by molar-refractivity contribution is 14.1. The second-order valence-electron chi connectivity index (χ2n) is 6.77. The van der Waals surface area contributed by atoms with Crippen molar-refractivity contribution in [1.82, 2.24) is 0 Å². The average molecular weight is 720 g/mol. The van der Waals surface area contributed by atoms with Crippen LogP contribution in [0, 0.1) is 28.6 Å². The summed E-state index contributed by atoms with van der Waals surface area (Å²) in [5.74, 6) is 0.000236. The fraction of sp³-hybridized carbons (Fsp3) is 0.0435. The molecule has 172 valence electrons. The van der Waals surface area contributed by atoms with Gasteiger partial charge in [0, 0.05) is 17.2 Å². The standard InChI is InChI=1S/C23H13Cl2I2N3O4/c24-16-3-1-13(2-4-16)12-34-22-19(26)8-14(9-20(22)27)7-15(11-28)23(31)29-21-6-5-17(30(32)33)10-18(21)25/h1-10H,12H2,(H,29,31)/b15-7-. The summed E-state index contributed by atoms with van der Waals surface area (Å²) in [5.41, 5.74) is 1.40. The van der Waals surface area contributed by atoms with Crippen molar-refractivity contribution in [2.75, 3.05) is 5.32 Å². The van der Waals surface area contributed by atoms with Crippen molar-refractivity contribution in [2.24, 2.45) is 0 Å². The molecule has 3 aromatic carbocycles. The number of nitro groups is 1. The van der Waals surface area contributed by atoms with E-state index in [1.54, 1.807) is 24.3 Å². The van der Waals surface area contributed by atoms with Crippen LogP contribution in [0.2, 0.25) is 10.0 Å². The lowest BCUT2D eigenvalue weighted by molar-refractivity contribution is -0.384. The van der Waals surface area contributed by atoms with Crippen LogP contribution < -0.4 is 10.1 Å². The molecule has 0 aliphatic carbocycles. The summed E-state index contributed by atoms with van der Waals surface area (Å²) < 4.78 is 7.57. The Labute approximate surface area is 232 Å². The number of ether oxygens (including phenoxy) is 1. The van der Waals surface area contributed by atoms with Gasteiger partial charge < -0.3 is 10.1 Å². The van der Waals surface area contributed by atoms with Crippen molar-refractivity contribution in [3.63, 3.8) is 0 Å². The van der Waals surface area contributed by atoms with E-state index in [1.165, 1.54) is 18.2 Å². The van der Waals surface area contributed by atoms with Gasteiger partial charge in [0.15, 0.2) is 0 Å². The van der Waals surface area contributed by atoms with Gasteiger partial charge in [0.25, 0.3) is 11.6 Å². The average Bonchev–Trinajstić information content (AvgIpc) is 2.79. The number of benzene rings is 3. The van der Waals surface area contributed by atoms with E-state index in [0.29, 0.717) is 22.9 Å². The van der Waals surface area contributed by atoms with Gasteiger partial charge >= 0.3 is 0 Å². The number of non-ortho nitro benzene ring substituents is 1. The van der Waals surface area contributed by atoms with Gasteiger partial charge in [-0.2, -0.15) is 5.26 Å². The first kappa shape index (κ1) is 26.2. The molecule has 0 aliphatic rings. The van der Waals surface area contributed by atoms with Crippen molar-refractivity contribution >= 4 is 91.7 Å². The molecular formula is C23H13Cl2I2N3O4. The Balaban J connectivity index is 1.77. The number of nitriles is 1. The molecule has 0 fully saturated rings. The van der Waals surface area contributed by atoms with Crippen LogP contribution in [0.5, 0.6) is 5.75 Å². The number of nitrogens with one attached hydrogen (secondary N) is 1. The Morgan fingerprint density at radius 1 is 1.12 bits per heavy atom. The number of carbonyl (C=O) groups excluding carboxylic acids is 1. The highest BCUT2D eigenvalue weighted by Gasteiger charge is 2.16. The van der Waals surface area contributed by atoms with Gasteiger partial charge in [-0.05, 0) is 92.7 Å². The van der Waals surface area contributed by atoms with Crippen molar-refractivity contribution in [3.05, 3.63) is 98.6 Å². The third-order valence-corrected chi connectivity index (χ3v) is 6.57. The minimum atomic E-state index is -0.689. The molecule has 0 aliphatic heterocycles. The predicted octanol–water partition coefficient (Wildman–Crippen LogP) is 7.24. The second-order valence-corrected chi connectivity index (χ2v) is 9.94. The Kier molecular flexibility index (Phi) is 9.12. The van der Waals surface area contributed by atoms with Crippen LogP contribution in [0.15, 0.2) is 60.2 Å². The fourth-order valence-corrected chi connectivity index (χ4v) is 5.24. The molecule has 0 heterocycles. The molecule has 0 saturated carbocycles. The molecule has 7 nitrogen and oxygen atoms in total. The van der Waals surface area contributed by atoms with Crippen LogP contribution in [-0.4, -0.2) is 10.8 Å². The van der Waals surface area contributed by atoms with Crippen molar-refractivity contribution in [1.29, 1.82) is 5.26 Å². The number of halogens is 4. The maximum atomic E-state index is 12.6. The summed E-state index contributed by atoms with van der Waals surface area (Å²) in [5, 5.41) is 23.5. The summed E-state index contributed by atoms with van der Waals surface area (Å²) in [6.45, 7) is 0.361. The molecule has 0 radical (unpaired) electrons. The second kappa shape index (κ2) is 11.8. The summed E-state index contributed by atoms with van der Waals surface area (Å²) >= 11 is 16.2. The zero-order valence-corrected chi connectivity index (χ0v) is 22.8. The van der Waals surface area contributed by atoms with Gasteiger partial charge in [-0.25, -0.2) is 0 Å². The van der Waals surface area contributed by atoms with E-state index in [0.717, 1.165) is 18.8 Å². The van der Waals surface area contributed by atoms with E-state index in [1.807, 2.05) is 18.2 Å². The van der Waals surface area contributed by atoms with Crippen LogP contribution in [0.4, 0.5) is 11.4 Å². The van der Waals surface area contributed by atoms with Crippen LogP contribution in [-0.2, 0) is 11.4 Å². The number of rotatable bonds is 7. The Hall–Kier alpha value is -2.40. The quantitative estimate of drug-likeness (QED) is 0.0912. The molecular weight excluding hydrogens is 707 g/mol. The van der Waals surface area contributed by atoms with Crippen LogP contribution >= 0.6 is 68.4 Å². The van der Waals surface area contributed by atoms with E-state index in [4.69, 9.17) is 27.9 Å². The van der Waals surface area contributed by atoms with Gasteiger partial charge in [0.1, 0.15) is 24.0 Å². The lowest BCUT2D eigenvalue weighted by Crippen LogP contribution is -2.13. The summed E-state index contributed by atoms with van der Waals surface area (Å²) in [6, 6.07) is 16.5. The number of hydrogen-bond donors (Lipinski definition) is 1. The minimum Gasteiger partial charge on any atom is -0.487 e. The Morgan fingerprint density at radius 2 is 1.76 bits per heavy atom. The molecule has 0 spiro atoms. The monoisotopic (exact) mass is 719 g/mol. The van der Waals surface area contributed by atoms with E-state index in [-0.39, 0.29) is 22.0 Å². The molecule has 0 saturated heterocycles. The predicted molar refractivity (Wildman–Crippen MR) is 148 cm³/mol. The molecule has 11 heteroatoms. The maximum Gasteiger partial charge on any atom is 0.271 e. The van der Waals surface area contributed by atoms with Crippen molar-refractivity contribution < 1.29 is 14.5 Å². The van der Waals surface area contributed by atoms with Crippen molar-refractivity contribution in [2.45, 2.75) is 6.61 Å². The van der Waals surface area contributed by atoms with Gasteiger partial charge in [-0.15, -0.1) is 0 Å². The highest BCUT2D eigenvalue weighted by Crippen LogP contribution is 2.31. The first-order valence-corrected chi connectivity index (χ1v) is 12.3. The number of carbonyl (C=O) groups is 1. The van der Waals surface area contributed by atoms with E-state index < -0.39 is 10.8 Å². The largest absolute Gasteiger partial charge is 0.487 e. The van der Waals surface area contributed by atoms with E-state index in [9.17, 15) is 20.2 Å². The number of nitrogens with zero attached hydrogens (tertiary/aromatic N) is 2. The van der Waals surface area contributed by atoms with Gasteiger partial charge in [0.2, 0.25) is 0 Å². The summed E-state index contributed by atoms with van der Waals surface area (Å²) in [7, 11) is 0. The van der Waals surface area contributed by atoms with Crippen LogP contribution in [0.1, 0.15) is 11.1 Å². The zero-order valence-electron chi connectivity index (χ0n) is 17.0. The van der Waals surface area contributed by atoms with Crippen molar-refractivity contribution in [3.8, 4) is 11.8 Å². The first-order chi connectivity index (χ1) is 16.2. The smallest absolute Gasteiger partial charge is 0.271 e. The third-order valence-electron chi connectivity index (χ3n) is 4.40. The molecule has 3 aromatic rings. The number of hydrogen-bond acceptors (Lipinski definition) is 5. The van der Waals surface area contributed by atoms with E-state index >= 15 is 0 Å². The SMILES string of the molecule is N#C/C(=C/c1cc(I)c(OCc2ccc(Cl)cc2)c(I)c1)C(=O)Nc1ccc([N+](=O)[O-])cc1Cl. The zero-order chi connectivity index (χ0) is 24.8. The lowest BCUT2D eigenvalue weighted by atomic mass is 10.1. The fourth-order valence-electron chi connectivity index (χ4n) is 2.76. The molecule has 1 amide bonds. The molecule has 34 heavy (non-hydrogen) atoms. The molecule has 0 atom stereocenters. The number of anilines is 1. The summed E-state index contributed by atoms with van der Waals surface area (Å²) in [4.78, 5) is 22.9. The van der Waals surface area contributed by atoms with E-state index in [2.05, 4.69) is 50.5 Å². The van der Waals surface area contributed by atoms with Gasteiger partial charge in [-0.3, -0.25) is 14.9 Å². The normalized spacial score (nSPS) is 11.0. The highest BCUT2D eigenvalue weighted by atomic mass is 127. The molecule has 0 bridgehead atoms. The topological polar surface area (TPSA) is 105 Å². The lowest BCUT2D eigenvalue weighted by Gasteiger charge is -2.12. The third kappa shape index (κ3) is 6.82. The maximum absolute atomic E-state index is 12.6. The first-order valence-electron chi connectivity index (χ1n) is 9.41. The van der Waals surface area contributed by atoms with Crippen LogP contribution in [0.3, 0.4) is 0 Å². The van der Waals surface area contributed by atoms with Crippen LogP contribution in [0.25, 0.3) is 6.08 Å². The Morgan fingerprint density at radius 3 is 2.32 bits per heavy atom. The number of amides is 1. The van der Waals surface area contributed by atoms with Gasteiger partial charge in [0.05, 0.1) is 22.8 Å². The Bertz CT molecular complexity index is 1320. The number of nitro benzene ring substituents is 1.